The van der Waals surface area contributed by atoms with E-state index in [-0.39, 0.29) is 0 Å². The number of thiophene rings is 1. The van der Waals surface area contributed by atoms with E-state index in [9.17, 15) is 0 Å². The van der Waals surface area contributed by atoms with Gasteiger partial charge in [0.05, 0.1) is 27.6 Å². The van der Waals surface area contributed by atoms with Gasteiger partial charge < -0.3 is 4.57 Å². The molecule has 0 N–H and O–H groups in total. The van der Waals surface area contributed by atoms with Crippen molar-refractivity contribution in [3.05, 3.63) is 231 Å². The summed E-state index contributed by atoms with van der Waals surface area (Å²) in [6.45, 7) is 0. The summed E-state index contributed by atoms with van der Waals surface area (Å²) < 4.78 is 7.25. The minimum absolute atomic E-state index is 0.690. The quantitative estimate of drug-likeness (QED) is 0.173. The van der Waals surface area contributed by atoms with Crippen LogP contribution in [-0.2, 0) is 0 Å². The lowest BCUT2D eigenvalue weighted by atomic mass is 10.00. The topological polar surface area (TPSA) is 35.6 Å². The lowest BCUT2D eigenvalue weighted by Crippen LogP contribution is -2.03. The molecule has 0 aliphatic carbocycles. The zero-order valence-electron chi connectivity index (χ0n) is 37.1. The molecular formula is C64H38N4S. The Balaban J connectivity index is 1.04. The van der Waals surface area contributed by atoms with Gasteiger partial charge in [-0.15, -0.1) is 11.3 Å². The first-order valence-corrected chi connectivity index (χ1v) is 24.3. The molecule has 69 heavy (non-hydrogen) atoms. The number of hydrogen-bond donors (Lipinski definition) is 0. The van der Waals surface area contributed by atoms with Crippen molar-refractivity contribution in [2.75, 3.05) is 0 Å². The fraction of sp³-hybridized carbons (Fsp3) is 0. The maximum Gasteiger partial charge on any atom is 0.163 e. The predicted molar refractivity (Wildman–Crippen MR) is 292 cm³/mol. The van der Waals surface area contributed by atoms with Crippen LogP contribution < -0.4 is 0 Å². The van der Waals surface area contributed by atoms with Gasteiger partial charge in [0.2, 0.25) is 0 Å². The molecule has 4 heterocycles. The van der Waals surface area contributed by atoms with Crippen LogP contribution in [0.4, 0.5) is 0 Å². The van der Waals surface area contributed by atoms with E-state index in [4.69, 9.17) is 9.97 Å². The van der Waals surface area contributed by atoms with Gasteiger partial charge >= 0.3 is 0 Å². The van der Waals surface area contributed by atoms with Gasteiger partial charge in [-0.2, -0.15) is 0 Å². The Morgan fingerprint density at radius 1 is 0.333 bits per heavy atom. The van der Waals surface area contributed by atoms with E-state index >= 15 is 0 Å². The van der Waals surface area contributed by atoms with Crippen LogP contribution in [0.1, 0.15) is 0 Å². The highest BCUT2D eigenvalue weighted by atomic mass is 32.1. The van der Waals surface area contributed by atoms with Crippen LogP contribution in [0.3, 0.4) is 0 Å². The molecule has 0 spiro atoms. The van der Waals surface area contributed by atoms with E-state index in [1.807, 2.05) is 11.3 Å². The second kappa shape index (κ2) is 14.8. The van der Waals surface area contributed by atoms with Gasteiger partial charge in [-0.3, -0.25) is 4.57 Å². The molecule has 11 aromatic carbocycles. The van der Waals surface area contributed by atoms with Crippen molar-refractivity contribution < 1.29 is 0 Å². The fourth-order valence-electron chi connectivity index (χ4n) is 11.2. The van der Waals surface area contributed by atoms with Crippen molar-refractivity contribution in [2.24, 2.45) is 0 Å². The lowest BCUT2D eigenvalue weighted by Gasteiger charge is -2.15. The molecule has 320 valence electrons. The number of fused-ring (bicyclic) bond motifs is 14. The molecule has 0 saturated heterocycles. The van der Waals surface area contributed by atoms with Crippen molar-refractivity contribution in [2.45, 2.75) is 0 Å². The largest absolute Gasteiger partial charge is 0.309 e. The molecule has 5 heteroatoms. The smallest absolute Gasteiger partial charge is 0.163 e. The molecule has 0 aliphatic rings. The maximum atomic E-state index is 5.77. The monoisotopic (exact) mass is 894 g/mol. The van der Waals surface area contributed by atoms with Crippen molar-refractivity contribution in [1.82, 2.24) is 19.1 Å². The second-order valence-electron chi connectivity index (χ2n) is 18.1. The van der Waals surface area contributed by atoms with Crippen LogP contribution in [0.2, 0.25) is 0 Å². The van der Waals surface area contributed by atoms with E-state index < -0.39 is 0 Å². The number of rotatable bonds is 5. The molecule has 0 amide bonds. The average molecular weight is 895 g/mol. The van der Waals surface area contributed by atoms with Gasteiger partial charge in [-0.05, 0) is 111 Å². The highest BCUT2D eigenvalue weighted by Crippen LogP contribution is 2.46. The van der Waals surface area contributed by atoms with Gasteiger partial charge in [0.25, 0.3) is 0 Å². The van der Waals surface area contributed by atoms with Crippen molar-refractivity contribution in [1.29, 1.82) is 0 Å². The molecule has 0 bridgehead atoms. The molecule has 15 rings (SSSR count). The molecule has 0 fully saturated rings. The van der Waals surface area contributed by atoms with Crippen LogP contribution in [0.15, 0.2) is 231 Å². The van der Waals surface area contributed by atoms with Crippen LogP contribution in [-0.4, -0.2) is 19.1 Å². The lowest BCUT2D eigenvalue weighted by molar-refractivity contribution is 1.08. The predicted octanol–water partition coefficient (Wildman–Crippen LogP) is 17.5. The van der Waals surface area contributed by atoms with Crippen LogP contribution in [0.25, 0.3) is 141 Å². The zero-order chi connectivity index (χ0) is 45.2. The summed E-state index contributed by atoms with van der Waals surface area (Å²) in [6.07, 6.45) is 0. The minimum atomic E-state index is 0.690. The Labute approximate surface area is 400 Å². The minimum Gasteiger partial charge on any atom is -0.309 e. The van der Waals surface area contributed by atoms with Gasteiger partial charge in [0.15, 0.2) is 5.82 Å². The van der Waals surface area contributed by atoms with Gasteiger partial charge in [-0.1, -0.05) is 164 Å². The first kappa shape index (κ1) is 38.2. The molecule has 0 unspecified atom stereocenters. The van der Waals surface area contributed by atoms with E-state index in [1.54, 1.807) is 0 Å². The fourth-order valence-corrected chi connectivity index (χ4v) is 12.3. The second-order valence-corrected chi connectivity index (χ2v) is 19.1. The summed E-state index contributed by atoms with van der Waals surface area (Å²) in [5.41, 5.74) is 12.2. The average Bonchev–Trinajstić information content (AvgIpc) is 4.08. The van der Waals surface area contributed by atoms with Gasteiger partial charge in [0.1, 0.15) is 5.82 Å². The number of benzene rings is 11. The molecule has 15 aromatic rings. The summed E-state index contributed by atoms with van der Waals surface area (Å²) in [4.78, 5) is 11.3. The normalized spacial score (nSPS) is 12.1. The first-order valence-electron chi connectivity index (χ1n) is 23.5. The van der Waals surface area contributed by atoms with E-state index in [0.717, 1.165) is 39.0 Å². The summed E-state index contributed by atoms with van der Waals surface area (Å²) in [6, 6.07) is 83.8. The molecular weight excluding hydrogens is 857 g/mol. The molecule has 4 nitrogen and oxygen atoms in total. The molecule has 0 aliphatic heterocycles. The zero-order valence-corrected chi connectivity index (χ0v) is 38.0. The standard InChI is InChI=1S/C64H38N4S/c1-3-15-39(16-4-1)43-29-31-55-50(35-43)51-36-44(40-17-5-2-6-18-40)30-32-56(51)68(55)64-49-24-11-13-25-54(49)65-63(66-64)53-38-45(37-52-48-23-12-14-26-59(48)69-62(52)53)67-57-33-27-41-19-7-9-21-46(41)60(57)61-47-22-10-8-20-42(47)28-34-58(61)67/h1-38H. The number of nitrogens with zero attached hydrogens (tertiary/aromatic N) is 4. The first-order chi connectivity index (χ1) is 34.2. The summed E-state index contributed by atoms with van der Waals surface area (Å²) in [5.74, 6) is 1.54. The van der Waals surface area contributed by atoms with Crippen LogP contribution >= 0.6 is 11.3 Å². The van der Waals surface area contributed by atoms with E-state index in [0.29, 0.717) is 5.82 Å². The van der Waals surface area contributed by atoms with Gasteiger partial charge in [-0.25, -0.2) is 9.97 Å². The summed E-state index contributed by atoms with van der Waals surface area (Å²) >= 11 is 1.82. The Bertz CT molecular complexity index is 4410. The molecule has 4 aromatic heterocycles. The third kappa shape index (κ3) is 5.75. The Morgan fingerprint density at radius 3 is 1.48 bits per heavy atom. The van der Waals surface area contributed by atoms with E-state index in [1.165, 1.54) is 96.5 Å². The SMILES string of the molecule is c1ccc(-c2ccc3c(c2)c2cc(-c4ccccc4)ccc2n3-c2nc(-c3cc(-n4c5ccc6ccccc6c5c5c6ccccc6ccc54)cc4c3sc3ccccc34)nc3ccccc23)cc1. The van der Waals surface area contributed by atoms with Crippen LogP contribution in [0, 0.1) is 0 Å². The highest BCUT2D eigenvalue weighted by molar-refractivity contribution is 7.26. The molecule has 0 atom stereocenters. The van der Waals surface area contributed by atoms with Crippen molar-refractivity contribution in [3.63, 3.8) is 0 Å². The Hall–Kier alpha value is -8.90. The van der Waals surface area contributed by atoms with Crippen LogP contribution in [0.5, 0.6) is 0 Å². The van der Waals surface area contributed by atoms with E-state index in [2.05, 4.69) is 240 Å². The Kier molecular flexibility index (Phi) is 8.20. The number of hydrogen-bond acceptors (Lipinski definition) is 3. The number of aromatic nitrogens is 4. The maximum absolute atomic E-state index is 5.77. The highest BCUT2D eigenvalue weighted by Gasteiger charge is 2.24. The Morgan fingerprint density at radius 2 is 0.855 bits per heavy atom. The molecule has 0 radical (unpaired) electrons. The van der Waals surface area contributed by atoms with Crippen molar-refractivity contribution >= 4 is 108 Å². The van der Waals surface area contributed by atoms with Gasteiger partial charge in [0, 0.05) is 58.4 Å². The summed E-state index contributed by atoms with van der Waals surface area (Å²) in [7, 11) is 0. The molecule has 0 saturated carbocycles. The third-order valence-electron chi connectivity index (χ3n) is 14.3. The van der Waals surface area contributed by atoms with Crippen molar-refractivity contribution in [3.8, 4) is 45.1 Å². The third-order valence-corrected chi connectivity index (χ3v) is 15.5. The number of para-hydroxylation sites is 1. The summed E-state index contributed by atoms with van der Waals surface area (Å²) in [5, 5.41) is 13.2.